The van der Waals surface area contributed by atoms with Crippen molar-refractivity contribution in [3.8, 4) is 0 Å². The Morgan fingerprint density at radius 3 is 2.39 bits per heavy atom. The highest BCUT2D eigenvalue weighted by molar-refractivity contribution is 7.12. The van der Waals surface area contributed by atoms with Crippen LogP contribution >= 0.6 is 11.3 Å². The number of thiophene rings is 1. The van der Waals surface area contributed by atoms with Crippen LogP contribution in [0.5, 0.6) is 0 Å². The summed E-state index contributed by atoms with van der Waals surface area (Å²) in [4.78, 5) is 30.4. The smallest absolute Gasteiger partial charge is 0.263 e. The van der Waals surface area contributed by atoms with Gasteiger partial charge in [-0.2, -0.15) is 0 Å². The summed E-state index contributed by atoms with van der Waals surface area (Å²) in [5, 5.41) is 5.09. The zero-order valence-electron chi connectivity index (χ0n) is 16.1. The van der Waals surface area contributed by atoms with Crippen molar-refractivity contribution in [3.63, 3.8) is 0 Å². The summed E-state index contributed by atoms with van der Waals surface area (Å²) in [6.45, 7) is 3.39. The van der Waals surface area contributed by atoms with Gasteiger partial charge in [-0.25, -0.2) is 0 Å². The van der Waals surface area contributed by atoms with E-state index in [4.69, 9.17) is 0 Å². The average molecular weight is 398 g/mol. The van der Waals surface area contributed by atoms with E-state index >= 15 is 0 Å². The highest BCUT2D eigenvalue weighted by Gasteiger charge is 2.28. The predicted octanol–water partition coefficient (Wildman–Crippen LogP) is 4.23. The number of anilines is 2. The molecule has 0 unspecified atom stereocenters. The number of likely N-dealkylation sites (tertiary alicyclic amines) is 1. The third kappa shape index (κ3) is 4.22. The highest BCUT2D eigenvalue weighted by Crippen LogP contribution is 2.30. The topological polar surface area (TPSA) is 52.7 Å². The summed E-state index contributed by atoms with van der Waals surface area (Å²) in [6.07, 6.45) is 5.13. The van der Waals surface area contributed by atoms with E-state index in [1.807, 2.05) is 40.6 Å². The van der Waals surface area contributed by atoms with E-state index in [9.17, 15) is 9.59 Å². The lowest BCUT2D eigenvalue weighted by atomic mass is 9.95. The molecule has 0 saturated carbocycles. The second-order valence-corrected chi connectivity index (χ2v) is 8.55. The summed E-state index contributed by atoms with van der Waals surface area (Å²) in [6, 6.07) is 11.9. The van der Waals surface area contributed by atoms with Gasteiger partial charge in [0, 0.05) is 32.1 Å². The molecule has 2 amide bonds. The minimum absolute atomic E-state index is 0.0400. The molecule has 2 aromatic rings. The number of nitrogens with zero attached hydrogens (tertiary/aromatic N) is 2. The van der Waals surface area contributed by atoms with Crippen LogP contribution in [0.3, 0.4) is 0 Å². The zero-order valence-corrected chi connectivity index (χ0v) is 16.9. The Morgan fingerprint density at radius 2 is 1.68 bits per heavy atom. The van der Waals surface area contributed by atoms with Gasteiger partial charge in [-0.15, -0.1) is 11.3 Å². The van der Waals surface area contributed by atoms with Crippen molar-refractivity contribution in [1.29, 1.82) is 0 Å². The van der Waals surface area contributed by atoms with Crippen LogP contribution in [0.1, 0.15) is 41.8 Å². The summed E-state index contributed by atoms with van der Waals surface area (Å²) >= 11 is 1.47. The number of benzene rings is 1. The Hall–Kier alpha value is -2.34. The molecule has 1 N–H and O–H groups in total. The largest absolute Gasteiger partial charge is 0.370 e. The van der Waals surface area contributed by atoms with Crippen molar-refractivity contribution >= 4 is 34.5 Å². The molecular formula is C22H27N3O2S. The van der Waals surface area contributed by atoms with Gasteiger partial charge in [-0.1, -0.05) is 18.2 Å². The van der Waals surface area contributed by atoms with Crippen LogP contribution in [0.25, 0.3) is 0 Å². The molecule has 0 spiro atoms. The summed E-state index contributed by atoms with van der Waals surface area (Å²) < 4.78 is 0. The van der Waals surface area contributed by atoms with E-state index < -0.39 is 0 Å². The van der Waals surface area contributed by atoms with Crippen molar-refractivity contribution in [1.82, 2.24) is 4.90 Å². The van der Waals surface area contributed by atoms with Crippen LogP contribution in [0, 0.1) is 5.92 Å². The van der Waals surface area contributed by atoms with Crippen molar-refractivity contribution in [2.75, 3.05) is 36.4 Å². The number of hydrogen-bond acceptors (Lipinski definition) is 4. The number of para-hydroxylation sites is 2. The normalized spacial score (nSPS) is 18.1. The fourth-order valence-corrected chi connectivity index (χ4v) is 4.82. The summed E-state index contributed by atoms with van der Waals surface area (Å²) in [5.74, 6) is 0.124. The Morgan fingerprint density at radius 1 is 0.929 bits per heavy atom. The lowest BCUT2D eigenvalue weighted by Crippen LogP contribution is -2.41. The van der Waals surface area contributed by atoms with Gasteiger partial charge >= 0.3 is 0 Å². The molecule has 0 bridgehead atoms. The molecule has 2 fully saturated rings. The van der Waals surface area contributed by atoms with Crippen molar-refractivity contribution in [2.45, 2.75) is 32.1 Å². The Labute approximate surface area is 170 Å². The maximum absolute atomic E-state index is 12.9. The minimum atomic E-state index is -0.0400. The van der Waals surface area contributed by atoms with Gasteiger partial charge in [-0.05, 0) is 55.7 Å². The van der Waals surface area contributed by atoms with Crippen LogP contribution in [0.15, 0.2) is 41.8 Å². The molecular weight excluding hydrogens is 370 g/mol. The summed E-state index contributed by atoms with van der Waals surface area (Å²) in [5.41, 5.74) is 2.03. The van der Waals surface area contributed by atoms with E-state index in [0.29, 0.717) is 13.1 Å². The fraction of sp³-hybridized carbons (Fsp3) is 0.455. The monoisotopic (exact) mass is 397 g/mol. The lowest BCUT2D eigenvalue weighted by Gasteiger charge is -2.32. The minimum Gasteiger partial charge on any atom is -0.370 e. The molecule has 0 aliphatic carbocycles. The van der Waals surface area contributed by atoms with Gasteiger partial charge in [-0.3, -0.25) is 9.59 Å². The number of carbonyl (C=O) groups excluding carboxylic acids is 2. The molecule has 2 aliphatic heterocycles. The second kappa shape index (κ2) is 8.78. The molecule has 2 saturated heterocycles. The number of rotatable bonds is 4. The van der Waals surface area contributed by atoms with Crippen LogP contribution in [0.2, 0.25) is 0 Å². The van der Waals surface area contributed by atoms with E-state index in [1.54, 1.807) is 0 Å². The SMILES string of the molecule is O=C(Nc1ccccc1N1CCCCC1)C1CCN(C(=O)c2cccs2)CC1. The number of carbonyl (C=O) groups is 2. The molecule has 4 rings (SSSR count). The van der Waals surface area contributed by atoms with E-state index in [1.165, 1.54) is 30.6 Å². The molecule has 2 aliphatic rings. The van der Waals surface area contributed by atoms with Crippen molar-refractivity contribution < 1.29 is 9.59 Å². The highest BCUT2D eigenvalue weighted by atomic mass is 32.1. The molecule has 0 radical (unpaired) electrons. The standard InChI is InChI=1S/C22H27N3O2S/c26-21(17-10-14-25(15-11-17)22(27)20-9-6-16-28-20)23-18-7-2-3-8-19(18)24-12-4-1-5-13-24/h2-3,6-9,16-17H,1,4-5,10-15H2,(H,23,26). The maximum Gasteiger partial charge on any atom is 0.263 e. The molecule has 5 nitrogen and oxygen atoms in total. The average Bonchev–Trinajstić information content (AvgIpc) is 3.29. The maximum atomic E-state index is 12.9. The third-order valence-electron chi connectivity index (χ3n) is 5.74. The van der Waals surface area contributed by atoms with Crippen molar-refractivity contribution in [3.05, 3.63) is 46.7 Å². The number of piperidine rings is 2. The predicted molar refractivity (Wildman–Crippen MR) is 114 cm³/mol. The summed E-state index contributed by atoms with van der Waals surface area (Å²) in [7, 11) is 0. The molecule has 1 aromatic heterocycles. The van der Waals surface area contributed by atoms with Crippen LogP contribution in [-0.2, 0) is 4.79 Å². The van der Waals surface area contributed by atoms with Crippen LogP contribution in [-0.4, -0.2) is 42.9 Å². The van der Waals surface area contributed by atoms with Gasteiger partial charge in [0.25, 0.3) is 5.91 Å². The number of amides is 2. The van der Waals surface area contributed by atoms with E-state index in [0.717, 1.165) is 42.2 Å². The molecule has 3 heterocycles. The van der Waals surface area contributed by atoms with E-state index in [-0.39, 0.29) is 17.7 Å². The molecule has 148 valence electrons. The van der Waals surface area contributed by atoms with Crippen LogP contribution < -0.4 is 10.2 Å². The van der Waals surface area contributed by atoms with Crippen LogP contribution in [0.4, 0.5) is 11.4 Å². The van der Waals surface area contributed by atoms with Gasteiger partial charge in [0.1, 0.15) is 0 Å². The Kier molecular flexibility index (Phi) is 5.95. The first-order chi connectivity index (χ1) is 13.7. The number of hydrogen-bond donors (Lipinski definition) is 1. The Balaban J connectivity index is 1.36. The van der Waals surface area contributed by atoms with Gasteiger partial charge < -0.3 is 15.1 Å². The van der Waals surface area contributed by atoms with Gasteiger partial charge in [0.2, 0.25) is 5.91 Å². The van der Waals surface area contributed by atoms with Crippen molar-refractivity contribution in [2.24, 2.45) is 5.92 Å². The zero-order chi connectivity index (χ0) is 19.3. The third-order valence-corrected chi connectivity index (χ3v) is 6.60. The molecule has 28 heavy (non-hydrogen) atoms. The second-order valence-electron chi connectivity index (χ2n) is 7.60. The molecule has 0 atom stereocenters. The quantitative estimate of drug-likeness (QED) is 0.840. The fourth-order valence-electron chi connectivity index (χ4n) is 4.13. The first-order valence-electron chi connectivity index (χ1n) is 10.2. The Bertz CT molecular complexity index is 807. The first kappa shape index (κ1) is 19.0. The lowest BCUT2D eigenvalue weighted by molar-refractivity contribution is -0.121. The number of nitrogens with one attached hydrogen (secondary N) is 1. The molecule has 6 heteroatoms. The van der Waals surface area contributed by atoms with Gasteiger partial charge in [0.05, 0.1) is 16.3 Å². The molecule has 1 aromatic carbocycles. The first-order valence-corrected chi connectivity index (χ1v) is 11.1. The van der Waals surface area contributed by atoms with Gasteiger partial charge in [0.15, 0.2) is 0 Å². The van der Waals surface area contributed by atoms with E-state index in [2.05, 4.69) is 16.3 Å².